The fraction of sp³-hybridized carbons (Fsp3) is 0.300. The molecule has 0 spiro atoms. The van der Waals surface area contributed by atoms with E-state index >= 15 is 0 Å². The molecule has 0 fully saturated rings. The van der Waals surface area contributed by atoms with E-state index in [1.165, 1.54) is 5.56 Å². The average Bonchev–Trinajstić information content (AvgIpc) is 2.83. The van der Waals surface area contributed by atoms with Gasteiger partial charge in [-0.2, -0.15) is 0 Å². The summed E-state index contributed by atoms with van der Waals surface area (Å²) in [5.41, 5.74) is 5.24. The van der Waals surface area contributed by atoms with Crippen LogP contribution in [0.4, 0.5) is 11.4 Å². The van der Waals surface area contributed by atoms with Gasteiger partial charge >= 0.3 is 0 Å². The maximum Gasteiger partial charge on any atom is 0.264 e. The third-order valence-electron chi connectivity index (χ3n) is 5.82. The smallest absolute Gasteiger partial charge is 0.264 e. The predicted molar refractivity (Wildman–Crippen MR) is 155 cm³/mol. The molecule has 37 heavy (non-hydrogen) atoms. The molecule has 0 unspecified atom stereocenters. The van der Waals surface area contributed by atoms with Gasteiger partial charge in [-0.1, -0.05) is 58.9 Å². The molecular weight excluding hydrogens is 482 g/mol. The first kappa shape index (κ1) is 27.9. The van der Waals surface area contributed by atoms with Crippen molar-refractivity contribution in [1.82, 2.24) is 5.32 Å². The minimum atomic E-state index is -0.352. The van der Waals surface area contributed by atoms with E-state index in [9.17, 15) is 9.59 Å². The second-order valence-corrected chi connectivity index (χ2v) is 10.8. The van der Waals surface area contributed by atoms with Crippen molar-refractivity contribution in [3.05, 3.63) is 89.0 Å². The quantitative estimate of drug-likeness (QED) is 0.309. The van der Waals surface area contributed by atoms with Crippen LogP contribution in [-0.4, -0.2) is 23.5 Å². The molecule has 0 atom stereocenters. The first-order chi connectivity index (χ1) is 17.4. The SMILES string of the molecule is Cc1ccc(C(C)C)c(OCC(=O)NC(=S)Nc2ccc(NC(=O)c3ccc(C(C)(C)C)cc3)cc2)c1. The molecule has 0 aliphatic carbocycles. The Morgan fingerprint density at radius 1 is 0.892 bits per heavy atom. The highest BCUT2D eigenvalue weighted by molar-refractivity contribution is 7.80. The molecule has 7 heteroatoms. The van der Waals surface area contributed by atoms with Crippen molar-refractivity contribution >= 4 is 40.5 Å². The summed E-state index contributed by atoms with van der Waals surface area (Å²) >= 11 is 5.27. The van der Waals surface area contributed by atoms with Gasteiger partial charge in [0.05, 0.1) is 0 Å². The van der Waals surface area contributed by atoms with E-state index in [1.54, 1.807) is 24.3 Å². The normalized spacial score (nSPS) is 11.1. The molecule has 2 amide bonds. The van der Waals surface area contributed by atoms with E-state index in [2.05, 4.69) is 50.6 Å². The van der Waals surface area contributed by atoms with Crippen LogP contribution in [0, 0.1) is 6.92 Å². The zero-order valence-corrected chi connectivity index (χ0v) is 23.1. The Labute approximate surface area is 224 Å². The van der Waals surface area contributed by atoms with Gasteiger partial charge in [-0.25, -0.2) is 0 Å². The van der Waals surface area contributed by atoms with E-state index in [0.717, 1.165) is 11.1 Å². The molecule has 6 nitrogen and oxygen atoms in total. The minimum Gasteiger partial charge on any atom is -0.483 e. The van der Waals surface area contributed by atoms with Crippen molar-refractivity contribution in [1.29, 1.82) is 0 Å². The van der Waals surface area contributed by atoms with Crippen molar-refractivity contribution < 1.29 is 14.3 Å². The number of ether oxygens (including phenoxy) is 1. The summed E-state index contributed by atoms with van der Waals surface area (Å²) in [5, 5.41) is 8.66. The number of hydrogen-bond acceptors (Lipinski definition) is 4. The van der Waals surface area contributed by atoms with Gasteiger partial charge in [-0.15, -0.1) is 0 Å². The molecule has 194 valence electrons. The number of aryl methyl sites for hydroxylation is 1. The lowest BCUT2D eigenvalue weighted by Gasteiger charge is -2.19. The van der Waals surface area contributed by atoms with Crippen molar-refractivity contribution in [3.63, 3.8) is 0 Å². The number of rotatable bonds is 7. The van der Waals surface area contributed by atoms with Gasteiger partial charge in [0.25, 0.3) is 11.8 Å². The first-order valence-electron chi connectivity index (χ1n) is 12.3. The third kappa shape index (κ3) is 8.15. The van der Waals surface area contributed by atoms with Gasteiger partial charge in [-0.05, 0) is 89.6 Å². The Morgan fingerprint density at radius 3 is 2.05 bits per heavy atom. The number of amides is 2. The Bertz CT molecular complexity index is 1260. The highest BCUT2D eigenvalue weighted by Gasteiger charge is 2.15. The molecule has 0 heterocycles. The van der Waals surface area contributed by atoms with E-state index in [0.29, 0.717) is 22.7 Å². The molecule has 3 rings (SSSR count). The number of hydrogen-bond donors (Lipinski definition) is 3. The summed E-state index contributed by atoms with van der Waals surface area (Å²) in [7, 11) is 0. The average molecular weight is 518 g/mol. The molecule has 0 bridgehead atoms. The lowest BCUT2D eigenvalue weighted by molar-refractivity contribution is -0.121. The maximum atomic E-state index is 12.6. The van der Waals surface area contributed by atoms with Crippen molar-refractivity contribution in [2.45, 2.75) is 52.9 Å². The highest BCUT2D eigenvalue weighted by Crippen LogP contribution is 2.27. The van der Waals surface area contributed by atoms with E-state index < -0.39 is 0 Å². The Kier molecular flexibility index (Phi) is 9.05. The summed E-state index contributed by atoms with van der Waals surface area (Å²) in [6, 6.07) is 20.7. The van der Waals surface area contributed by atoms with Gasteiger partial charge in [0, 0.05) is 16.9 Å². The summed E-state index contributed by atoms with van der Waals surface area (Å²) in [6.07, 6.45) is 0. The molecule has 3 aromatic carbocycles. The number of thiocarbonyl (C=S) groups is 1. The van der Waals surface area contributed by atoms with Gasteiger partial charge in [0.15, 0.2) is 11.7 Å². The molecule has 0 radical (unpaired) electrons. The zero-order valence-electron chi connectivity index (χ0n) is 22.3. The summed E-state index contributed by atoms with van der Waals surface area (Å²) in [4.78, 5) is 25.0. The van der Waals surface area contributed by atoms with Crippen LogP contribution in [0.25, 0.3) is 0 Å². The Hall–Kier alpha value is -3.71. The zero-order chi connectivity index (χ0) is 27.2. The lowest BCUT2D eigenvalue weighted by atomic mass is 9.87. The molecule has 0 aromatic heterocycles. The standard InChI is InChI=1S/C30H35N3O3S/c1-19(2)25-16-7-20(3)17-26(25)36-18-27(34)33-29(37)32-24-14-12-23(13-15-24)31-28(35)21-8-10-22(11-9-21)30(4,5)6/h7-17,19H,18H2,1-6H3,(H,31,35)(H2,32,33,34,37). The predicted octanol–water partition coefficient (Wildman–Crippen LogP) is 6.56. The van der Waals surface area contributed by atoms with Crippen LogP contribution >= 0.6 is 12.2 Å². The van der Waals surface area contributed by atoms with Gasteiger partial charge in [0.1, 0.15) is 5.75 Å². The van der Waals surface area contributed by atoms with Crippen LogP contribution in [0.1, 0.15) is 67.6 Å². The largest absolute Gasteiger partial charge is 0.483 e. The maximum absolute atomic E-state index is 12.6. The van der Waals surface area contributed by atoms with Crippen LogP contribution in [0.15, 0.2) is 66.7 Å². The number of benzene rings is 3. The van der Waals surface area contributed by atoms with E-state index in [4.69, 9.17) is 17.0 Å². The molecule has 0 aliphatic rings. The van der Waals surface area contributed by atoms with Crippen LogP contribution in [0.3, 0.4) is 0 Å². The third-order valence-corrected chi connectivity index (χ3v) is 6.02. The molecule has 0 aliphatic heterocycles. The van der Waals surface area contributed by atoms with Gasteiger partial charge in [-0.3, -0.25) is 14.9 Å². The Morgan fingerprint density at radius 2 is 1.49 bits per heavy atom. The van der Waals surface area contributed by atoms with E-state index in [1.807, 2.05) is 49.4 Å². The minimum absolute atomic E-state index is 0.0310. The fourth-order valence-electron chi connectivity index (χ4n) is 3.67. The number of nitrogens with one attached hydrogen (secondary N) is 3. The highest BCUT2D eigenvalue weighted by atomic mass is 32.1. The van der Waals surface area contributed by atoms with E-state index in [-0.39, 0.29) is 34.9 Å². The van der Waals surface area contributed by atoms with Crippen LogP contribution < -0.4 is 20.7 Å². The van der Waals surface area contributed by atoms with Crippen molar-refractivity contribution in [3.8, 4) is 5.75 Å². The summed E-state index contributed by atoms with van der Waals surface area (Å²) in [6.45, 7) is 12.4. The molecule has 0 saturated carbocycles. The second kappa shape index (κ2) is 12.0. The Balaban J connectivity index is 1.50. The molecule has 3 aromatic rings. The first-order valence-corrected chi connectivity index (χ1v) is 12.7. The molecule has 0 saturated heterocycles. The summed E-state index contributed by atoms with van der Waals surface area (Å²) in [5.74, 6) is 0.447. The van der Waals surface area contributed by atoms with Crippen molar-refractivity contribution in [2.24, 2.45) is 0 Å². The van der Waals surface area contributed by atoms with Crippen molar-refractivity contribution in [2.75, 3.05) is 17.2 Å². The number of carbonyl (C=O) groups excluding carboxylic acids is 2. The number of anilines is 2. The van der Waals surface area contributed by atoms with Crippen LogP contribution in [0.5, 0.6) is 5.75 Å². The number of carbonyl (C=O) groups is 2. The lowest BCUT2D eigenvalue weighted by Crippen LogP contribution is -2.37. The second-order valence-electron chi connectivity index (χ2n) is 10.3. The van der Waals surface area contributed by atoms with Crippen LogP contribution in [0.2, 0.25) is 0 Å². The monoisotopic (exact) mass is 517 g/mol. The van der Waals surface area contributed by atoms with Gasteiger partial charge < -0.3 is 15.4 Å². The topological polar surface area (TPSA) is 79.5 Å². The fourth-order valence-corrected chi connectivity index (χ4v) is 3.91. The molecular formula is C30H35N3O3S. The molecule has 3 N–H and O–H groups in total. The summed E-state index contributed by atoms with van der Waals surface area (Å²) < 4.78 is 5.76. The van der Waals surface area contributed by atoms with Gasteiger partial charge in [0.2, 0.25) is 0 Å². The van der Waals surface area contributed by atoms with Crippen LogP contribution in [-0.2, 0) is 10.2 Å².